The van der Waals surface area contributed by atoms with Crippen molar-refractivity contribution in [2.45, 2.75) is 52.0 Å². The average Bonchev–Trinajstić information content (AvgIpc) is 3.05. The molecule has 0 amide bonds. The summed E-state index contributed by atoms with van der Waals surface area (Å²) in [5.41, 5.74) is 0. The molecule has 0 aromatic heterocycles. The molecule has 0 radical (unpaired) electrons. The maximum Gasteiger partial charge on any atom is 0.137 e. The SMILES string of the molecule is CC(C)[NH2+]C[C@@H](O)COc1cccc2ccccc12.CC(C)[NH2+]C[C@H](O)COc1cccc2ccccc12.CO.O=C([O-])C(=O)[O-]. The van der Waals surface area contributed by atoms with E-state index in [9.17, 15) is 10.2 Å². The van der Waals surface area contributed by atoms with E-state index in [-0.39, 0.29) is 0 Å². The van der Waals surface area contributed by atoms with Crippen LogP contribution >= 0.6 is 0 Å². The Balaban J connectivity index is 0.000000375. The lowest BCUT2D eigenvalue weighted by Crippen LogP contribution is -2.90. The van der Waals surface area contributed by atoms with Crippen molar-refractivity contribution in [3.05, 3.63) is 84.9 Å². The second-order valence-electron chi connectivity index (χ2n) is 10.9. The van der Waals surface area contributed by atoms with Crippen molar-refractivity contribution in [2.75, 3.05) is 33.4 Å². The zero-order chi connectivity index (χ0) is 34.5. The molecule has 46 heavy (non-hydrogen) atoms. The Hall–Kier alpha value is -4.26. The molecule has 0 aliphatic heterocycles. The Morgan fingerprint density at radius 3 is 1.26 bits per heavy atom. The fourth-order valence-electron chi connectivity index (χ4n) is 4.01. The van der Waals surface area contributed by atoms with Crippen LogP contribution in [-0.2, 0) is 9.59 Å². The second-order valence-corrected chi connectivity index (χ2v) is 10.9. The van der Waals surface area contributed by atoms with Crippen LogP contribution in [0, 0.1) is 0 Å². The van der Waals surface area contributed by atoms with Crippen LogP contribution in [0.15, 0.2) is 84.9 Å². The summed E-state index contributed by atoms with van der Waals surface area (Å²) in [6, 6.07) is 29.2. The molecule has 11 heteroatoms. The molecule has 4 aromatic rings. The molecule has 4 aromatic carbocycles. The van der Waals surface area contributed by atoms with Gasteiger partial charge in [0.15, 0.2) is 0 Å². The molecular formula is C35H48N2O9. The number of fused-ring (bicyclic) bond motifs is 2. The van der Waals surface area contributed by atoms with Gasteiger partial charge in [0.05, 0.1) is 24.0 Å². The lowest BCUT2D eigenvalue weighted by atomic mass is 10.1. The summed E-state index contributed by atoms with van der Waals surface area (Å²) < 4.78 is 11.5. The number of hydrogen-bond acceptors (Lipinski definition) is 9. The van der Waals surface area contributed by atoms with Gasteiger partial charge in [-0.05, 0) is 50.6 Å². The summed E-state index contributed by atoms with van der Waals surface area (Å²) >= 11 is 0. The number of ether oxygens (including phenoxy) is 2. The Morgan fingerprint density at radius 1 is 0.609 bits per heavy atom. The molecule has 0 saturated carbocycles. The van der Waals surface area contributed by atoms with E-state index in [1.807, 2.05) is 60.7 Å². The van der Waals surface area contributed by atoms with Gasteiger partial charge in [0, 0.05) is 17.9 Å². The lowest BCUT2D eigenvalue weighted by Gasteiger charge is -2.14. The summed E-state index contributed by atoms with van der Waals surface area (Å²) in [5.74, 6) is -2.70. The molecule has 2 atom stereocenters. The minimum atomic E-state index is -2.19. The van der Waals surface area contributed by atoms with Crippen molar-refractivity contribution >= 4 is 33.5 Å². The van der Waals surface area contributed by atoms with Gasteiger partial charge in [0.1, 0.15) is 50.0 Å². The molecule has 0 aliphatic rings. The maximum absolute atomic E-state index is 9.88. The first kappa shape index (κ1) is 39.8. The second kappa shape index (κ2) is 22.3. The molecule has 0 heterocycles. The number of carboxylic acids is 2. The molecule has 0 spiro atoms. The van der Waals surface area contributed by atoms with Gasteiger partial charge in [0.2, 0.25) is 0 Å². The fourth-order valence-corrected chi connectivity index (χ4v) is 4.01. The van der Waals surface area contributed by atoms with E-state index in [0.717, 1.165) is 40.2 Å². The van der Waals surface area contributed by atoms with E-state index in [4.69, 9.17) is 34.4 Å². The lowest BCUT2D eigenvalue weighted by molar-refractivity contribution is -0.688. The van der Waals surface area contributed by atoms with Gasteiger partial charge in [-0.1, -0.05) is 72.8 Å². The van der Waals surface area contributed by atoms with Crippen molar-refractivity contribution < 1.29 is 55.2 Å². The molecule has 11 nitrogen and oxygen atoms in total. The van der Waals surface area contributed by atoms with Crippen LogP contribution in [0.1, 0.15) is 27.7 Å². The van der Waals surface area contributed by atoms with Crippen LogP contribution in [-0.4, -0.2) is 85.0 Å². The third kappa shape index (κ3) is 15.6. The van der Waals surface area contributed by atoms with E-state index in [2.05, 4.69) is 62.6 Å². The number of carbonyl (C=O) groups is 2. The summed E-state index contributed by atoms with van der Waals surface area (Å²) in [6.07, 6.45) is -0.886. The Labute approximate surface area is 270 Å². The standard InChI is InChI=1S/2C16H21NO2.C2H2O4.CH4O/c2*1-12(2)17-10-14(18)11-19-16-9-5-7-13-6-3-4-8-15(13)16;3-1(4)2(5)6;1-2/h2*3-9,12,14,17-18H,10-11H2,1-2H3;(H,3,4)(H,5,6);2H,1H3/t2*14-;;/m10../s1. The van der Waals surface area contributed by atoms with Gasteiger partial charge in [0.25, 0.3) is 0 Å². The quantitative estimate of drug-likeness (QED) is 0.123. The van der Waals surface area contributed by atoms with Crippen LogP contribution in [0.2, 0.25) is 0 Å². The minimum Gasteiger partial charge on any atom is -0.543 e. The van der Waals surface area contributed by atoms with Gasteiger partial charge >= 0.3 is 0 Å². The first-order valence-electron chi connectivity index (χ1n) is 15.1. The van der Waals surface area contributed by atoms with Crippen molar-refractivity contribution in [3.63, 3.8) is 0 Å². The molecule has 0 unspecified atom stereocenters. The van der Waals surface area contributed by atoms with Crippen LogP contribution in [0.25, 0.3) is 21.5 Å². The van der Waals surface area contributed by atoms with E-state index >= 15 is 0 Å². The number of carbonyl (C=O) groups excluding carboxylic acids is 2. The number of quaternary nitrogens is 2. The number of carboxylic acid groups (broad SMARTS) is 2. The van der Waals surface area contributed by atoms with E-state index in [0.29, 0.717) is 38.4 Å². The van der Waals surface area contributed by atoms with E-state index in [1.165, 1.54) is 0 Å². The van der Waals surface area contributed by atoms with Gasteiger partial charge in [-0.15, -0.1) is 0 Å². The largest absolute Gasteiger partial charge is 0.543 e. The van der Waals surface area contributed by atoms with Crippen molar-refractivity contribution in [1.82, 2.24) is 0 Å². The zero-order valence-corrected chi connectivity index (χ0v) is 27.2. The molecule has 4 rings (SSSR count). The van der Waals surface area contributed by atoms with Crippen LogP contribution < -0.4 is 30.3 Å². The molecule has 252 valence electrons. The molecule has 0 fully saturated rings. The summed E-state index contributed by atoms with van der Waals surface area (Å²) in [7, 11) is 1.00. The van der Waals surface area contributed by atoms with Crippen molar-refractivity contribution in [1.29, 1.82) is 0 Å². The minimum absolute atomic E-state index is 0.331. The number of hydrogen-bond donors (Lipinski definition) is 5. The number of benzene rings is 4. The predicted octanol–water partition coefficient (Wildman–Crippen LogP) is -0.803. The Bertz CT molecular complexity index is 1330. The summed E-state index contributed by atoms with van der Waals surface area (Å²) in [5, 5.41) is 53.3. The zero-order valence-electron chi connectivity index (χ0n) is 27.2. The Kier molecular flexibility index (Phi) is 19.3. The van der Waals surface area contributed by atoms with Crippen molar-refractivity contribution in [3.8, 4) is 11.5 Å². The smallest absolute Gasteiger partial charge is 0.137 e. The fraction of sp³-hybridized carbons (Fsp3) is 0.371. The highest BCUT2D eigenvalue weighted by Crippen LogP contribution is 2.26. The third-order valence-corrected chi connectivity index (χ3v) is 6.29. The highest BCUT2D eigenvalue weighted by atomic mass is 16.5. The molecule has 0 bridgehead atoms. The van der Waals surface area contributed by atoms with Crippen molar-refractivity contribution in [2.24, 2.45) is 0 Å². The molecule has 0 aliphatic carbocycles. The van der Waals surface area contributed by atoms with Gasteiger partial charge in [-0.25, -0.2) is 0 Å². The Morgan fingerprint density at radius 2 is 0.935 bits per heavy atom. The van der Waals surface area contributed by atoms with Crippen LogP contribution in [0.3, 0.4) is 0 Å². The third-order valence-electron chi connectivity index (χ3n) is 6.29. The van der Waals surface area contributed by atoms with Gasteiger partial charge in [-0.3, -0.25) is 0 Å². The molecule has 0 saturated heterocycles. The predicted molar refractivity (Wildman–Crippen MR) is 173 cm³/mol. The maximum atomic E-state index is 9.88. The van der Waals surface area contributed by atoms with Gasteiger partial charge < -0.3 is 55.2 Å². The average molecular weight is 641 g/mol. The highest BCUT2D eigenvalue weighted by Gasteiger charge is 2.11. The number of rotatable bonds is 12. The molecular weight excluding hydrogens is 592 g/mol. The summed E-state index contributed by atoms with van der Waals surface area (Å²) in [6.45, 7) is 10.4. The summed E-state index contributed by atoms with van der Waals surface area (Å²) in [4.78, 5) is 17.9. The normalized spacial score (nSPS) is 11.7. The van der Waals surface area contributed by atoms with E-state index in [1.54, 1.807) is 0 Å². The number of nitrogens with two attached hydrogens (primary N) is 2. The van der Waals surface area contributed by atoms with Crippen LogP contribution in [0.5, 0.6) is 11.5 Å². The first-order valence-corrected chi connectivity index (χ1v) is 15.1. The topological polar surface area (TPSA) is 193 Å². The van der Waals surface area contributed by atoms with Crippen LogP contribution in [0.4, 0.5) is 0 Å². The first-order chi connectivity index (χ1) is 22.0. The number of aliphatic carboxylic acids is 2. The monoisotopic (exact) mass is 640 g/mol. The number of aliphatic hydroxyl groups excluding tert-OH is 3. The highest BCUT2D eigenvalue weighted by molar-refractivity contribution is 6.25. The molecule has 7 N–H and O–H groups in total. The number of aliphatic hydroxyl groups is 3. The van der Waals surface area contributed by atoms with E-state index < -0.39 is 24.1 Å². The van der Waals surface area contributed by atoms with Gasteiger partial charge in [-0.2, -0.15) is 0 Å².